The van der Waals surface area contributed by atoms with Gasteiger partial charge in [-0.2, -0.15) is 0 Å². The van der Waals surface area contributed by atoms with Gasteiger partial charge in [0.25, 0.3) is 0 Å². The summed E-state index contributed by atoms with van der Waals surface area (Å²) in [5, 5.41) is 0. The minimum absolute atomic E-state index is 0.187. The Morgan fingerprint density at radius 1 is 1.13 bits per heavy atom. The molecule has 0 spiro atoms. The lowest BCUT2D eigenvalue weighted by Crippen LogP contribution is -2.39. The third-order valence-electron chi connectivity index (χ3n) is 5.40. The smallest absolute Gasteiger partial charge is 0.225 e. The number of likely N-dealkylation sites (tertiary alicyclic amines) is 1. The lowest BCUT2D eigenvalue weighted by molar-refractivity contribution is -0.137. The highest BCUT2D eigenvalue weighted by Gasteiger charge is 2.43. The quantitative estimate of drug-likeness (QED) is 0.789. The molecule has 2 unspecified atom stereocenters. The van der Waals surface area contributed by atoms with Crippen LogP contribution < -0.4 is 4.90 Å². The van der Waals surface area contributed by atoms with Crippen LogP contribution in [0.4, 0.5) is 5.82 Å². The molecule has 1 amide bonds. The number of hydrogen-bond donors (Lipinski definition) is 0. The normalized spacial score (nSPS) is 28.2. The lowest BCUT2D eigenvalue weighted by Gasteiger charge is -2.28. The van der Waals surface area contributed by atoms with Crippen LogP contribution in [0.1, 0.15) is 12.8 Å². The van der Waals surface area contributed by atoms with Crippen LogP contribution in [0.3, 0.4) is 0 Å². The van der Waals surface area contributed by atoms with E-state index in [1.54, 1.807) is 0 Å². The zero-order valence-electron chi connectivity index (χ0n) is 13.2. The Morgan fingerprint density at radius 3 is 2.43 bits per heavy atom. The van der Waals surface area contributed by atoms with E-state index in [9.17, 15) is 4.79 Å². The number of halogens is 1. The van der Waals surface area contributed by atoms with Crippen molar-refractivity contribution in [2.24, 2.45) is 17.8 Å². The van der Waals surface area contributed by atoms with E-state index in [4.69, 9.17) is 4.74 Å². The summed E-state index contributed by atoms with van der Waals surface area (Å²) in [7, 11) is 0. The van der Waals surface area contributed by atoms with E-state index >= 15 is 0 Å². The van der Waals surface area contributed by atoms with Gasteiger partial charge in [0.05, 0.1) is 0 Å². The van der Waals surface area contributed by atoms with Crippen LogP contribution in [-0.4, -0.2) is 55.2 Å². The number of carbonyl (C=O) groups is 1. The molecule has 4 heterocycles. The van der Waals surface area contributed by atoms with Gasteiger partial charge in [-0.15, -0.1) is 0 Å². The van der Waals surface area contributed by atoms with Crippen molar-refractivity contribution in [1.82, 2.24) is 9.88 Å². The number of nitrogens with zero attached hydrogens (tertiary/aromatic N) is 3. The fraction of sp³-hybridized carbons (Fsp3) is 0.647. The average Bonchev–Trinajstić information content (AvgIpc) is 3.14. The number of fused-ring (bicyclic) bond motifs is 1. The van der Waals surface area contributed by atoms with Gasteiger partial charge in [-0.3, -0.25) is 4.79 Å². The molecule has 6 heteroatoms. The van der Waals surface area contributed by atoms with E-state index in [0.29, 0.717) is 17.7 Å². The van der Waals surface area contributed by atoms with Gasteiger partial charge in [0.15, 0.2) is 0 Å². The maximum Gasteiger partial charge on any atom is 0.225 e. The topological polar surface area (TPSA) is 45.7 Å². The van der Waals surface area contributed by atoms with E-state index < -0.39 is 0 Å². The Balaban J connectivity index is 1.36. The molecule has 0 N–H and O–H groups in total. The monoisotopic (exact) mass is 379 g/mol. The molecule has 3 aliphatic rings. The SMILES string of the molecule is O=C(C1CCOCC1)N1CC2CN(c3ccc(Br)cn3)CC2C1. The molecule has 3 saturated heterocycles. The van der Waals surface area contributed by atoms with Crippen LogP contribution in [0.5, 0.6) is 0 Å². The summed E-state index contributed by atoms with van der Waals surface area (Å²) in [5.41, 5.74) is 0. The van der Waals surface area contributed by atoms with Gasteiger partial charge in [-0.05, 0) is 40.9 Å². The van der Waals surface area contributed by atoms with Crippen LogP contribution in [0.25, 0.3) is 0 Å². The highest BCUT2D eigenvalue weighted by molar-refractivity contribution is 9.10. The predicted octanol–water partition coefficient (Wildman–Crippen LogP) is 2.17. The molecular formula is C17H22BrN3O2. The van der Waals surface area contributed by atoms with Gasteiger partial charge in [0, 0.05) is 67.8 Å². The van der Waals surface area contributed by atoms with Crippen molar-refractivity contribution in [2.75, 3.05) is 44.3 Å². The first kappa shape index (κ1) is 15.4. The zero-order chi connectivity index (χ0) is 15.8. The summed E-state index contributed by atoms with van der Waals surface area (Å²) in [6, 6.07) is 4.10. The summed E-state index contributed by atoms with van der Waals surface area (Å²) >= 11 is 3.43. The lowest BCUT2D eigenvalue weighted by atomic mass is 9.99. The standard InChI is InChI=1S/C17H22BrN3O2/c18-15-1-2-16(19-7-15)20-8-13-10-21(11-14(13)9-20)17(22)12-3-5-23-6-4-12/h1-2,7,12-14H,3-6,8-11H2. The molecule has 124 valence electrons. The summed E-state index contributed by atoms with van der Waals surface area (Å²) in [5.74, 6) is 2.77. The Kier molecular flexibility index (Phi) is 4.28. The molecule has 0 aliphatic carbocycles. The number of amides is 1. The van der Waals surface area contributed by atoms with Crippen molar-refractivity contribution in [3.8, 4) is 0 Å². The molecule has 3 aliphatic heterocycles. The van der Waals surface area contributed by atoms with Crippen molar-refractivity contribution in [1.29, 1.82) is 0 Å². The van der Waals surface area contributed by atoms with Gasteiger partial charge in [-0.1, -0.05) is 0 Å². The largest absolute Gasteiger partial charge is 0.381 e. The molecular weight excluding hydrogens is 358 g/mol. The van der Waals surface area contributed by atoms with Crippen molar-refractivity contribution in [3.63, 3.8) is 0 Å². The summed E-state index contributed by atoms with van der Waals surface area (Å²) in [6.45, 7) is 5.32. The fourth-order valence-electron chi connectivity index (χ4n) is 4.12. The van der Waals surface area contributed by atoms with E-state index in [2.05, 4.69) is 36.8 Å². The van der Waals surface area contributed by atoms with E-state index in [0.717, 1.165) is 62.5 Å². The molecule has 5 nitrogen and oxygen atoms in total. The average molecular weight is 380 g/mol. The maximum atomic E-state index is 12.7. The highest BCUT2D eigenvalue weighted by Crippen LogP contribution is 2.34. The van der Waals surface area contributed by atoms with Crippen molar-refractivity contribution >= 4 is 27.7 Å². The fourth-order valence-corrected chi connectivity index (χ4v) is 4.35. The van der Waals surface area contributed by atoms with Crippen LogP contribution in [0.2, 0.25) is 0 Å². The summed E-state index contributed by atoms with van der Waals surface area (Å²) < 4.78 is 6.38. The summed E-state index contributed by atoms with van der Waals surface area (Å²) in [6.07, 6.45) is 3.63. The van der Waals surface area contributed by atoms with Gasteiger partial charge in [0.2, 0.25) is 5.91 Å². The Bertz CT molecular complexity index is 560. The first-order valence-electron chi connectivity index (χ1n) is 8.44. The molecule has 1 aromatic heterocycles. The maximum absolute atomic E-state index is 12.7. The van der Waals surface area contributed by atoms with Crippen LogP contribution in [-0.2, 0) is 9.53 Å². The molecule has 0 aromatic carbocycles. The molecule has 0 bridgehead atoms. The van der Waals surface area contributed by atoms with Crippen LogP contribution in [0, 0.1) is 17.8 Å². The molecule has 0 radical (unpaired) electrons. The second-order valence-electron chi connectivity index (χ2n) is 6.89. The van der Waals surface area contributed by atoms with E-state index in [1.165, 1.54) is 0 Å². The predicted molar refractivity (Wildman–Crippen MR) is 91.3 cm³/mol. The van der Waals surface area contributed by atoms with Crippen molar-refractivity contribution in [3.05, 3.63) is 22.8 Å². The third kappa shape index (κ3) is 3.11. The number of pyridine rings is 1. The Morgan fingerprint density at radius 2 is 1.83 bits per heavy atom. The number of rotatable bonds is 2. The second-order valence-corrected chi connectivity index (χ2v) is 7.81. The van der Waals surface area contributed by atoms with Gasteiger partial charge in [-0.25, -0.2) is 4.98 Å². The van der Waals surface area contributed by atoms with E-state index in [1.807, 2.05) is 12.3 Å². The van der Waals surface area contributed by atoms with Crippen molar-refractivity contribution < 1.29 is 9.53 Å². The van der Waals surface area contributed by atoms with E-state index in [-0.39, 0.29) is 5.92 Å². The minimum atomic E-state index is 0.187. The van der Waals surface area contributed by atoms with Crippen molar-refractivity contribution in [2.45, 2.75) is 12.8 Å². The zero-order valence-corrected chi connectivity index (χ0v) is 14.7. The molecule has 4 rings (SSSR count). The number of aromatic nitrogens is 1. The molecule has 0 saturated carbocycles. The molecule has 2 atom stereocenters. The van der Waals surface area contributed by atoms with Gasteiger partial charge < -0.3 is 14.5 Å². The third-order valence-corrected chi connectivity index (χ3v) is 5.87. The number of carbonyl (C=O) groups excluding carboxylic acids is 1. The number of hydrogen-bond acceptors (Lipinski definition) is 4. The number of ether oxygens (including phenoxy) is 1. The molecule has 3 fully saturated rings. The first-order valence-corrected chi connectivity index (χ1v) is 9.23. The second kappa shape index (κ2) is 6.40. The molecule has 23 heavy (non-hydrogen) atoms. The van der Waals surface area contributed by atoms with Gasteiger partial charge >= 0.3 is 0 Å². The minimum Gasteiger partial charge on any atom is -0.381 e. The molecule has 1 aromatic rings. The van der Waals surface area contributed by atoms with Crippen LogP contribution >= 0.6 is 15.9 Å². The highest BCUT2D eigenvalue weighted by atomic mass is 79.9. The number of anilines is 1. The Labute approximate surface area is 145 Å². The Hall–Kier alpha value is -1.14. The first-order chi connectivity index (χ1) is 11.2. The van der Waals surface area contributed by atoms with Crippen LogP contribution in [0.15, 0.2) is 22.8 Å². The van der Waals surface area contributed by atoms with Gasteiger partial charge in [0.1, 0.15) is 5.82 Å². The summed E-state index contributed by atoms with van der Waals surface area (Å²) in [4.78, 5) is 21.6.